The van der Waals surface area contributed by atoms with Crippen molar-refractivity contribution in [3.05, 3.63) is 27.6 Å². The van der Waals surface area contributed by atoms with E-state index in [1.807, 2.05) is 0 Å². The highest BCUT2D eigenvalue weighted by atomic mass is 32.1. The normalized spacial score (nSPS) is 26.9. The highest BCUT2D eigenvalue weighted by Crippen LogP contribution is 2.59. The first kappa shape index (κ1) is 27.0. The van der Waals surface area contributed by atoms with Gasteiger partial charge in [0, 0.05) is 18.8 Å². The van der Waals surface area contributed by atoms with E-state index in [0.29, 0.717) is 5.39 Å². The first-order valence-corrected chi connectivity index (χ1v) is 13.0. The van der Waals surface area contributed by atoms with Gasteiger partial charge < -0.3 is 24.9 Å². The Morgan fingerprint density at radius 2 is 1.91 bits per heavy atom. The van der Waals surface area contributed by atoms with Gasteiger partial charge in [-0.3, -0.25) is 18.6 Å². The summed E-state index contributed by atoms with van der Waals surface area (Å²) in [5, 5.41) is 30.4. The van der Waals surface area contributed by atoms with Crippen LogP contribution in [-0.2, 0) is 13.8 Å². The van der Waals surface area contributed by atoms with Gasteiger partial charge in [-0.15, -0.1) is 0 Å². The molecule has 34 heavy (non-hydrogen) atoms. The minimum Gasteiger partial charge on any atom is -0.388 e. The zero-order valence-corrected chi connectivity index (χ0v) is 21.1. The molecule has 190 valence electrons. The highest BCUT2D eigenvalue weighted by Gasteiger charge is 2.51. The van der Waals surface area contributed by atoms with E-state index in [4.69, 9.17) is 21.5 Å². The molecule has 6 atom stereocenters. The number of nitrogens with zero attached hydrogens (tertiary/aromatic N) is 3. The van der Waals surface area contributed by atoms with Crippen molar-refractivity contribution in [2.24, 2.45) is 0 Å². The maximum absolute atomic E-state index is 12.9. The maximum Gasteiger partial charge on any atom is 0.359 e. The predicted octanol–water partition coefficient (Wildman–Crippen LogP) is 1.74. The number of nitrogens with one attached hydrogen (secondary N) is 1. The van der Waals surface area contributed by atoms with Crippen LogP contribution in [0, 0.1) is 4.77 Å². The molecular weight excluding hydrogens is 487 g/mol. The number of hydrogen-bond donors (Lipinski definition) is 5. The van der Waals surface area contributed by atoms with Gasteiger partial charge in [0.15, 0.2) is 11.6 Å². The SMILES string of the molecule is CCC(CC)(CC1OC(n2cc3cnc(=O)[nH]c3nc2=S)C(O)C1O)OP(=O)(O)C(C)(O)CC. The van der Waals surface area contributed by atoms with Crippen LogP contribution in [0.15, 0.2) is 17.2 Å². The first-order chi connectivity index (χ1) is 15.8. The summed E-state index contributed by atoms with van der Waals surface area (Å²) in [6, 6.07) is 0. The number of hydrogen-bond acceptors (Lipinski definition) is 10. The summed E-state index contributed by atoms with van der Waals surface area (Å²) < 4.78 is 25.8. The summed E-state index contributed by atoms with van der Waals surface area (Å²) in [6.07, 6.45) is -1.48. The molecule has 0 amide bonds. The lowest BCUT2D eigenvalue weighted by Crippen LogP contribution is -2.41. The number of aromatic nitrogens is 4. The summed E-state index contributed by atoms with van der Waals surface area (Å²) in [5.74, 6) is 0. The smallest absolute Gasteiger partial charge is 0.359 e. The van der Waals surface area contributed by atoms with E-state index in [-0.39, 0.29) is 36.1 Å². The average molecular weight is 519 g/mol. The number of aliphatic hydroxyl groups excluding tert-OH is 2. The van der Waals surface area contributed by atoms with Gasteiger partial charge in [0.05, 0.1) is 17.1 Å². The van der Waals surface area contributed by atoms with Crippen LogP contribution in [0.2, 0.25) is 0 Å². The van der Waals surface area contributed by atoms with Crippen LogP contribution in [-0.4, -0.2) is 69.0 Å². The molecule has 5 N–H and O–H groups in total. The number of ether oxygens (including phenoxy) is 1. The molecule has 1 aliphatic rings. The molecule has 0 aromatic carbocycles. The Morgan fingerprint density at radius 3 is 2.50 bits per heavy atom. The Bertz CT molecular complexity index is 1200. The zero-order chi connectivity index (χ0) is 25.5. The monoisotopic (exact) mass is 518 g/mol. The Labute approximate surface area is 201 Å². The van der Waals surface area contributed by atoms with Crippen molar-refractivity contribution in [2.45, 2.75) is 88.9 Å². The second-order valence-corrected chi connectivity index (χ2v) is 11.3. The summed E-state index contributed by atoms with van der Waals surface area (Å²) in [4.78, 5) is 32.2. The van der Waals surface area contributed by atoms with E-state index in [1.54, 1.807) is 20.8 Å². The Hall–Kier alpha value is -1.57. The van der Waals surface area contributed by atoms with Gasteiger partial charge in [0.1, 0.15) is 17.9 Å². The lowest BCUT2D eigenvalue weighted by atomic mass is 9.88. The fraction of sp³-hybridized carbons (Fsp3) is 0.700. The second kappa shape index (κ2) is 9.82. The van der Waals surface area contributed by atoms with E-state index in [9.17, 15) is 29.6 Å². The second-order valence-electron chi connectivity index (χ2n) is 8.75. The molecule has 14 heteroatoms. The number of rotatable bonds is 9. The van der Waals surface area contributed by atoms with Crippen LogP contribution in [0.25, 0.3) is 11.0 Å². The largest absolute Gasteiger partial charge is 0.388 e. The third kappa shape index (κ3) is 5.02. The summed E-state index contributed by atoms with van der Waals surface area (Å²) in [7, 11) is -4.47. The molecule has 2 aromatic heterocycles. The molecule has 0 bridgehead atoms. The van der Waals surface area contributed by atoms with Crippen LogP contribution in [0.3, 0.4) is 0 Å². The third-order valence-corrected chi connectivity index (χ3v) is 9.07. The van der Waals surface area contributed by atoms with Gasteiger partial charge in [-0.05, 0) is 38.4 Å². The minimum absolute atomic E-state index is 0.000957. The van der Waals surface area contributed by atoms with Crippen molar-refractivity contribution in [1.29, 1.82) is 0 Å². The molecule has 0 spiro atoms. The van der Waals surface area contributed by atoms with Gasteiger partial charge in [-0.25, -0.2) is 14.8 Å². The van der Waals surface area contributed by atoms with Crippen molar-refractivity contribution in [1.82, 2.24) is 19.5 Å². The van der Waals surface area contributed by atoms with Crippen LogP contribution >= 0.6 is 19.8 Å². The van der Waals surface area contributed by atoms with Crippen molar-refractivity contribution in [2.75, 3.05) is 0 Å². The average Bonchev–Trinajstić information content (AvgIpc) is 3.05. The fourth-order valence-electron chi connectivity index (χ4n) is 3.88. The van der Waals surface area contributed by atoms with Gasteiger partial charge in [-0.2, -0.15) is 0 Å². The molecule has 1 aliphatic heterocycles. The first-order valence-electron chi connectivity index (χ1n) is 11.1. The van der Waals surface area contributed by atoms with E-state index in [2.05, 4.69) is 15.0 Å². The highest BCUT2D eigenvalue weighted by molar-refractivity contribution is 7.71. The van der Waals surface area contributed by atoms with E-state index >= 15 is 0 Å². The summed E-state index contributed by atoms with van der Waals surface area (Å²) in [6.45, 7) is 6.33. The lowest BCUT2D eigenvalue weighted by molar-refractivity contribution is -0.0768. The third-order valence-electron chi connectivity index (χ3n) is 6.60. The topological polar surface area (TPSA) is 180 Å². The standard InChI is InChI=1S/C20H31N4O8PS/c1-5-19(4,28)33(29,30)32-20(6-2,7-3)8-12-13(25)14(26)16(31-12)24-10-11-9-21-17(27)22-15(11)23-18(24)34/h9-10,12-14,16,25-26,28H,5-8H2,1-4H3,(H,29,30)(H,22,23,27,34). The Kier molecular flexibility index (Phi) is 7.81. The maximum atomic E-state index is 12.9. The number of aromatic amines is 1. The molecule has 12 nitrogen and oxygen atoms in total. The molecular formula is C20H31N4O8PS. The quantitative estimate of drug-likeness (QED) is 0.241. The van der Waals surface area contributed by atoms with E-state index in [1.165, 1.54) is 23.9 Å². The molecule has 3 rings (SSSR count). The van der Waals surface area contributed by atoms with Crippen molar-refractivity contribution >= 4 is 30.8 Å². The predicted molar refractivity (Wildman–Crippen MR) is 125 cm³/mol. The van der Waals surface area contributed by atoms with Crippen molar-refractivity contribution in [3.63, 3.8) is 0 Å². The molecule has 1 fully saturated rings. The van der Waals surface area contributed by atoms with Crippen LogP contribution < -0.4 is 5.69 Å². The Morgan fingerprint density at radius 1 is 1.26 bits per heavy atom. The number of H-pyrrole nitrogens is 1. The van der Waals surface area contributed by atoms with Crippen LogP contribution in [0.4, 0.5) is 0 Å². The van der Waals surface area contributed by atoms with Gasteiger partial charge in [0.25, 0.3) is 0 Å². The fourth-order valence-corrected chi connectivity index (χ4v) is 5.58. The summed E-state index contributed by atoms with van der Waals surface area (Å²) in [5.41, 5.74) is -1.58. The molecule has 0 saturated carbocycles. The van der Waals surface area contributed by atoms with Gasteiger partial charge in [-0.1, -0.05) is 20.8 Å². The molecule has 3 heterocycles. The van der Waals surface area contributed by atoms with Crippen molar-refractivity contribution in [3.8, 4) is 0 Å². The molecule has 2 aromatic rings. The molecule has 6 unspecified atom stereocenters. The summed E-state index contributed by atoms with van der Waals surface area (Å²) >= 11 is 5.29. The number of fused-ring (bicyclic) bond motifs is 1. The van der Waals surface area contributed by atoms with Crippen LogP contribution in [0.5, 0.6) is 0 Å². The van der Waals surface area contributed by atoms with Gasteiger partial charge >= 0.3 is 13.3 Å². The molecule has 0 radical (unpaired) electrons. The van der Waals surface area contributed by atoms with Crippen LogP contribution in [0.1, 0.15) is 59.6 Å². The molecule has 0 aliphatic carbocycles. The van der Waals surface area contributed by atoms with E-state index in [0.717, 1.165) is 0 Å². The van der Waals surface area contributed by atoms with Crippen molar-refractivity contribution < 1.29 is 34.0 Å². The number of aliphatic hydroxyl groups is 3. The minimum atomic E-state index is -4.47. The zero-order valence-electron chi connectivity index (χ0n) is 19.4. The van der Waals surface area contributed by atoms with Gasteiger partial charge in [0.2, 0.25) is 4.77 Å². The lowest BCUT2D eigenvalue weighted by Gasteiger charge is -2.39. The van der Waals surface area contributed by atoms with E-state index < -0.39 is 48.8 Å². The Balaban J connectivity index is 1.90. The molecule has 1 saturated heterocycles.